The smallest absolute Gasteiger partial charge is 0.270 e. The monoisotopic (exact) mass is 534 g/mol. The number of rotatable bonds is 10. The van der Waals surface area contributed by atoms with Gasteiger partial charge in [-0.05, 0) is 41.8 Å². The van der Waals surface area contributed by atoms with Gasteiger partial charge >= 0.3 is 0 Å². The molecule has 0 spiro atoms. The molecule has 0 atom stereocenters. The van der Waals surface area contributed by atoms with Crippen molar-refractivity contribution in [2.45, 2.75) is 20.0 Å². The number of amides is 3. The van der Waals surface area contributed by atoms with Gasteiger partial charge in [-0.15, -0.1) is 0 Å². The Hall–Kier alpha value is -4.22. The summed E-state index contributed by atoms with van der Waals surface area (Å²) in [5, 5.41) is 8.39. The lowest BCUT2D eigenvalue weighted by Gasteiger charge is -2.26. The van der Waals surface area contributed by atoms with E-state index < -0.39 is 11.8 Å². The first-order chi connectivity index (χ1) is 18.9. The fourth-order valence-electron chi connectivity index (χ4n) is 4.00. The third kappa shape index (κ3) is 8.13. The van der Waals surface area contributed by atoms with E-state index in [1.54, 1.807) is 43.3 Å². The largest absolute Gasteiger partial charge is 0.379 e. The maximum absolute atomic E-state index is 13.4. The lowest BCUT2D eigenvalue weighted by molar-refractivity contribution is 0.0383. The highest BCUT2D eigenvalue weighted by atomic mass is 19.1. The van der Waals surface area contributed by atoms with Crippen LogP contribution in [0.4, 0.5) is 4.39 Å². The lowest BCUT2D eigenvalue weighted by Crippen LogP contribution is -2.41. The Labute approximate surface area is 226 Å². The molecule has 2 aromatic carbocycles. The molecule has 1 saturated heterocycles. The number of halogens is 1. The number of carbonyl (C=O) groups excluding carboxylic acids is 3. The van der Waals surface area contributed by atoms with Crippen molar-refractivity contribution < 1.29 is 23.5 Å². The molecule has 3 N–H and O–H groups in total. The summed E-state index contributed by atoms with van der Waals surface area (Å²) in [4.78, 5) is 47.7. The molecule has 1 aliphatic heterocycles. The van der Waals surface area contributed by atoms with Crippen molar-refractivity contribution in [1.82, 2.24) is 30.8 Å². The topological polar surface area (TPSA) is 126 Å². The summed E-state index contributed by atoms with van der Waals surface area (Å²) in [6, 6.07) is 12.9. The Kier molecular flexibility index (Phi) is 9.65. The lowest BCUT2D eigenvalue weighted by atomic mass is 10.1. The standard InChI is InChI=1S/C28H31FN6O4/c1-19-14-21(4-7-23(19)29)17-32-28(38)25-15-24(33-18-34-25)27(37)31-16-20-2-5-22(6-3-20)26(36)30-8-9-35-10-12-39-13-11-35/h2-7,14-15,18H,8-13,16-17H2,1H3,(H,30,36)(H,31,37)(H,32,38). The van der Waals surface area contributed by atoms with Gasteiger partial charge in [0.25, 0.3) is 17.7 Å². The van der Waals surface area contributed by atoms with E-state index in [2.05, 4.69) is 30.8 Å². The van der Waals surface area contributed by atoms with Crippen LogP contribution in [0.3, 0.4) is 0 Å². The zero-order valence-corrected chi connectivity index (χ0v) is 21.7. The summed E-state index contributed by atoms with van der Waals surface area (Å²) >= 11 is 0. The van der Waals surface area contributed by atoms with E-state index in [1.165, 1.54) is 12.1 Å². The van der Waals surface area contributed by atoms with Gasteiger partial charge in [0.1, 0.15) is 23.5 Å². The SMILES string of the molecule is Cc1cc(CNC(=O)c2cc(C(=O)NCc3ccc(C(=O)NCCN4CCOCC4)cc3)ncn2)ccc1F. The van der Waals surface area contributed by atoms with Crippen molar-refractivity contribution in [2.24, 2.45) is 0 Å². The molecule has 3 amide bonds. The molecule has 0 radical (unpaired) electrons. The van der Waals surface area contributed by atoms with Crippen molar-refractivity contribution in [3.05, 3.63) is 94.3 Å². The molecule has 11 heteroatoms. The fraction of sp³-hybridized carbons (Fsp3) is 0.321. The molecule has 0 bridgehead atoms. The van der Waals surface area contributed by atoms with Crippen LogP contribution in [0.1, 0.15) is 48.0 Å². The molecule has 0 aliphatic carbocycles. The predicted molar refractivity (Wildman–Crippen MR) is 142 cm³/mol. The number of ether oxygens (including phenoxy) is 1. The molecule has 0 unspecified atom stereocenters. The highest BCUT2D eigenvalue weighted by Crippen LogP contribution is 2.10. The van der Waals surface area contributed by atoms with Gasteiger partial charge in [0.2, 0.25) is 0 Å². The van der Waals surface area contributed by atoms with Crippen molar-refractivity contribution in [2.75, 3.05) is 39.4 Å². The fourth-order valence-corrected chi connectivity index (χ4v) is 4.00. The highest BCUT2D eigenvalue weighted by molar-refractivity contribution is 5.97. The molecule has 3 aromatic rings. The number of morpholine rings is 1. The molecule has 39 heavy (non-hydrogen) atoms. The summed E-state index contributed by atoms with van der Waals surface area (Å²) in [5.41, 5.74) is 2.65. The van der Waals surface area contributed by atoms with E-state index in [-0.39, 0.29) is 36.2 Å². The van der Waals surface area contributed by atoms with Crippen LogP contribution in [0.5, 0.6) is 0 Å². The van der Waals surface area contributed by atoms with Crippen LogP contribution >= 0.6 is 0 Å². The molecular formula is C28H31FN6O4. The number of hydrogen-bond acceptors (Lipinski definition) is 7. The number of carbonyl (C=O) groups is 3. The van der Waals surface area contributed by atoms with Crippen LogP contribution in [-0.4, -0.2) is 72.0 Å². The first-order valence-electron chi connectivity index (χ1n) is 12.7. The Morgan fingerprint density at radius 2 is 1.46 bits per heavy atom. The highest BCUT2D eigenvalue weighted by Gasteiger charge is 2.14. The van der Waals surface area contributed by atoms with Crippen molar-refractivity contribution in [3.8, 4) is 0 Å². The Balaban J connectivity index is 1.23. The number of nitrogens with one attached hydrogen (secondary N) is 3. The van der Waals surface area contributed by atoms with E-state index in [9.17, 15) is 18.8 Å². The van der Waals surface area contributed by atoms with Crippen LogP contribution in [0, 0.1) is 12.7 Å². The number of benzene rings is 2. The zero-order chi connectivity index (χ0) is 27.6. The molecule has 1 aromatic heterocycles. The van der Waals surface area contributed by atoms with E-state index in [0.29, 0.717) is 17.7 Å². The second-order valence-corrected chi connectivity index (χ2v) is 9.14. The molecule has 10 nitrogen and oxygen atoms in total. The van der Waals surface area contributed by atoms with E-state index in [1.807, 2.05) is 0 Å². The van der Waals surface area contributed by atoms with Gasteiger partial charge in [0.05, 0.1) is 13.2 Å². The minimum absolute atomic E-state index is 0.0398. The van der Waals surface area contributed by atoms with Gasteiger partial charge in [-0.1, -0.05) is 24.3 Å². The summed E-state index contributed by atoms with van der Waals surface area (Å²) in [6.45, 7) is 6.57. The molecule has 1 aliphatic rings. The average Bonchev–Trinajstić information content (AvgIpc) is 2.97. The summed E-state index contributed by atoms with van der Waals surface area (Å²) in [5.74, 6) is -1.41. The number of aryl methyl sites for hydroxylation is 1. The molecule has 0 saturated carbocycles. The maximum Gasteiger partial charge on any atom is 0.270 e. The maximum atomic E-state index is 13.4. The van der Waals surface area contributed by atoms with E-state index in [0.717, 1.165) is 50.3 Å². The van der Waals surface area contributed by atoms with Gasteiger partial charge < -0.3 is 20.7 Å². The number of nitrogens with zero attached hydrogens (tertiary/aromatic N) is 3. The van der Waals surface area contributed by atoms with Gasteiger partial charge in [0, 0.05) is 50.9 Å². The first-order valence-corrected chi connectivity index (χ1v) is 12.7. The van der Waals surface area contributed by atoms with Crippen molar-refractivity contribution in [3.63, 3.8) is 0 Å². The summed E-state index contributed by atoms with van der Waals surface area (Å²) in [7, 11) is 0. The predicted octanol–water partition coefficient (Wildman–Crippen LogP) is 1.85. The third-order valence-electron chi connectivity index (χ3n) is 6.29. The summed E-state index contributed by atoms with van der Waals surface area (Å²) < 4.78 is 18.8. The van der Waals surface area contributed by atoms with E-state index in [4.69, 9.17) is 4.74 Å². The zero-order valence-electron chi connectivity index (χ0n) is 21.7. The molecule has 204 valence electrons. The van der Waals surface area contributed by atoms with Crippen molar-refractivity contribution in [1.29, 1.82) is 0 Å². The Morgan fingerprint density at radius 3 is 2.10 bits per heavy atom. The van der Waals surface area contributed by atoms with Crippen LogP contribution < -0.4 is 16.0 Å². The average molecular weight is 535 g/mol. The van der Waals surface area contributed by atoms with Gasteiger partial charge in [-0.2, -0.15) is 0 Å². The van der Waals surface area contributed by atoms with Crippen LogP contribution in [0.15, 0.2) is 54.9 Å². The van der Waals surface area contributed by atoms with Crippen LogP contribution in [-0.2, 0) is 17.8 Å². The number of hydrogen-bond donors (Lipinski definition) is 3. The van der Waals surface area contributed by atoms with E-state index >= 15 is 0 Å². The quantitative estimate of drug-likeness (QED) is 0.363. The summed E-state index contributed by atoms with van der Waals surface area (Å²) in [6.07, 6.45) is 1.15. The third-order valence-corrected chi connectivity index (χ3v) is 6.29. The minimum atomic E-state index is -0.479. The second-order valence-electron chi connectivity index (χ2n) is 9.14. The van der Waals surface area contributed by atoms with Gasteiger partial charge in [0.15, 0.2) is 0 Å². The molecular weight excluding hydrogens is 503 g/mol. The minimum Gasteiger partial charge on any atom is -0.379 e. The van der Waals surface area contributed by atoms with Crippen molar-refractivity contribution >= 4 is 17.7 Å². The number of aromatic nitrogens is 2. The molecule has 1 fully saturated rings. The normalized spacial score (nSPS) is 13.5. The second kappa shape index (κ2) is 13.5. The molecule has 2 heterocycles. The Bertz CT molecular complexity index is 1310. The van der Waals surface area contributed by atoms with Crippen LogP contribution in [0.25, 0.3) is 0 Å². The van der Waals surface area contributed by atoms with Gasteiger partial charge in [-0.25, -0.2) is 14.4 Å². The van der Waals surface area contributed by atoms with Gasteiger partial charge in [-0.3, -0.25) is 19.3 Å². The molecule has 4 rings (SSSR count). The first kappa shape index (κ1) is 27.8. The Morgan fingerprint density at radius 1 is 0.846 bits per heavy atom. The van der Waals surface area contributed by atoms with Crippen LogP contribution in [0.2, 0.25) is 0 Å².